The van der Waals surface area contributed by atoms with Crippen molar-refractivity contribution in [2.75, 3.05) is 5.01 Å². The maximum atomic E-state index is 10.2. The van der Waals surface area contributed by atoms with Crippen LogP contribution in [0.2, 0.25) is 5.02 Å². The molecule has 1 atom stereocenters. The zero-order valence-electron chi connectivity index (χ0n) is 13.5. The van der Waals surface area contributed by atoms with Crippen LogP contribution in [-0.4, -0.2) is 10.8 Å². The highest BCUT2D eigenvalue weighted by Gasteiger charge is 2.30. The molecule has 0 fully saturated rings. The summed E-state index contributed by atoms with van der Waals surface area (Å²) in [5, 5.41) is 17.8. The van der Waals surface area contributed by atoms with Gasteiger partial charge in [-0.05, 0) is 42.0 Å². The zero-order valence-corrected chi connectivity index (χ0v) is 14.3. The fourth-order valence-electron chi connectivity index (χ4n) is 3.15. The van der Waals surface area contributed by atoms with Gasteiger partial charge >= 0.3 is 0 Å². The number of hydrogen-bond acceptors (Lipinski definition) is 3. The number of hydrazone groups is 1. The number of benzene rings is 3. The van der Waals surface area contributed by atoms with Gasteiger partial charge in [0.25, 0.3) is 0 Å². The predicted octanol–water partition coefficient (Wildman–Crippen LogP) is 5.40. The molecule has 0 amide bonds. The molecule has 0 radical (unpaired) electrons. The molecule has 4 rings (SSSR count). The minimum Gasteiger partial charge on any atom is -0.507 e. The molecule has 3 aromatic rings. The third-order valence-electron chi connectivity index (χ3n) is 4.40. The predicted molar refractivity (Wildman–Crippen MR) is 102 cm³/mol. The fraction of sp³-hybridized carbons (Fsp3) is 0.0952. The smallest absolute Gasteiger partial charge is 0.124 e. The summed E-state index contributed by atoms with van der Waals surface area (Å²) in [5.74, 6) is 0.256. The molecule has 0 saturated heterocycles. The highest BCUT2D eigenvalue weighted by Crippen LogP contribution is 2.38. The van der Waals surface area contributed by atoms with E-state index in [1.165, 1.54) is 0 Å². The van der Waals surface area contributed by atoms with Gasteiger partial charge in [0.2, 0.25) is 0 Å². The SMILES string of the molecule is Oc1ccccc1C1=NN(c2ccccc2)C(c2ccc(Cl)cc2)C1. The van der Waals surface area contributed by atoms with Gasteiger partial charge in [-0.2, -0.15) is 5.10 Å². The van der Waals surface area contributed by atoms with Crippen LogP contribution in [0.25, 0.3) is 0 Å². The molecule has 0 spiro atoms. The average molecular weight is 349 g/mol. The van der Waals surface area contributed by atoms with Crippen molar-refractivity contribution in [3.63, 3.8) is 0 Å². The molecular weight excluding hydrogens is 332 g/mol. The van der Waals surface area contributed by atoms with E-state index in [0.717, 1.165) is 27.5 Å². The summed E-state index contributed by atoms with van der Waals surface area (Å²) >= 11 is 6.04. The van der Waals surface area contributed by atoms with E-state index < -0.39 is 0 Å². The van der Waals surface area contributed by atoms with Crippen molar-refractivity contribution in [3.8, 4) is 5.75 Å². The minimum absolute atomic E-state index is 0.0641. The molecular formula is C21H17ClN2O. The van der Waals surface area contributed by atoms with E-state index in [9.17, 15) is 5.11 Å². The maximum Gasteiger partial charge on any atom is 0.124 e. The Labute approximate surface area is 151 Å². The summed E-state index contributed by atoms with van der Waals surface area (Å²) in [6, 6.07) is 25.3. The minimum atomic E-state index is 0.0641. The number of anilines is 1. The van der Waals surface area contributed by atoms with Crippen LogP contribution in [0.5, 0.6) is 5.75 Å². The number of phenolic OH excluding ortho intramolecular Hbond substituents is 1. The van der Waals surface area contributed by atoms with Crippen LogP contribution in [0.3, 0.4) is 0 Å². The van der Waals surface area contributed by atoms with Crippen molar-refractivity contribution in [1.82, 2.24) is 0 Å². The lowest BCUT2D eigenvalue weighted by Crippen LogP contribution is -2.18. The maximum absolute atomic E-state index is 10.2. The molecule has 1 unspecified atom stereocenters. The first kappa shape index (κ1) is 15.7. The lowest BCUT2D eigenvalue weighted by molar-refractivity contribution is 0.474. The van der Waals surface area contributed by atoms with Crippen LogP contribution >= 0.6 is 11.6 Å². The Balaban J connectivity index is 1.77. The molecule has 0 aromatic heterocycles. The van der Waals surface area contributed by atoms with Gasteiger partial charge in [0.05, 0.1) is 17.4 Å². The Morgan fingerprint density at radius 1 is 0.880 bits per heavy atom. The number of aromatic hydroxyl groups is 1. The van der Waals surface area contributed by atoms with E-state index in [2.05, 4.69) is 0 Å². The van der Waals surface area contributed by atoms with Crippen molar-refractivity contribution < 1.29 is 5.11 Å². The Bertz CT molecular complexity index is 907. The molecule has 3 aromatic carbocycles. The average Bonchev–Trinajstić information content (AvgIpc) is 3.08. The summed E-state index contributed by atoms with van der Waals surface area (Å²) in [7, 11) is 0. The van der Waals surface area contributed by atoms with Crippen LogP contribution in [0.15, 0.2) is 84.0 Å². The topological polar surface area (TPSA) is 35.8 Å². The summed E-state index contributed by atoms with van der Waals surface area (Å²) in [6.45, 7) is 0. The summed E-state index contributed by atoms with van der Waals surface area (Å²) < 4.78 is 0. The van der Waals surface area contributed by atoms with Crippen molar-refractivity contribution in [1.29, 1.82) is 0 Å². The second kappa shape index (κ2) is 6.61. The number of hydrogen-bond donors (Lipinski definition) is 1. The van der Waals surface area contributed by atoms with E-state index in [-0.39, 0.29) is 11.8 Å². The molecule has 1 heterocycles. The Morgan fingerprint density at radius 2 is 1.56 bits per heavy atom. The fourth-order valence-corrected chi connectivity index (χ4v) is 3.28. The molecule has 3 nitrogen and oxygen atoms in total. The lowest BCUT2D eigenvalue weighted by atomic mass is 9.98. The van der Waals surface area contributed by atoms with E-state index in [1.807, 2.05) is 77.8 Å². The largest absolute Gasteiger partial charge is 0.507 e. The van der Waals surface area contributed by atoms with Gasteiger partial charge in [-0.25, -0.2) is 0 Å². The third-order valence-corrected chi connectivity index (χ3v) is 4.65. The Morgan fingerprint density at radius 3 is 2.28 bits per heavy atom. The monoisotopic (exact) mass is 348 g/mol. The van der Waals surface area contributed by atoms with Crippen molar-refractivity contribution in [3.05, 3.63) is 95.0 Å². The molecule has 0 saturated carbocycles. The van der Waals surface area contributed by atoms with Gasteiger partial charge in [0.1, 0.15) is 5.75 Å². The number of halogens is 1. The first-order valence-corrected chi connectivity index (χ1v) is 8.56. The van der Waals surface area contributed by atoms with Crippen LogP contribution in [0.1, 0.15) is 23.6 Å². The molecule has 1 N–H and O–H groups in total. The van der Waals surface area contributed by atoms with Gasteiger partial charge in [0, 0.05) is 17.0 Å². The highest BCUT2D eigenvalue weighted by molar-refractivity contribution is 6.30. The zero-order chi connectivity index (χ0) is 17.2. The summed E-state index contributed by atoms with van der Waals surface area (Å²) in [6.07, 6.45) is 0.716. The van der Waals surface area contributed by atoms with Gasteiger partial charge in [0.15, 0.2) is 0 Å². The van der Waals surface area contributed by atoms with Gasteiger partial charge in [-0.1, -0.05) is 54.1 Å². The second-order valence-corrected chi connectivity index (χ2v) is 6.45. The van der Waals surface area contributed by atoms with Crippen LogP contribution in [-0.2, 0) is 0 Å². The van der Waals surface area contributed by atoms with E-state index >= 15 is 0 Å². The third kappa shape index (κ3) is 3.11. The molecule has 1 aliphatic heterocycles. The lowest BCUT2D eigenvalue weighted by Gasteiger charge is -2.24. The Hall–Kier alpha value is -2.78. The van der Waals surface area contributed by atoms with Crippen molar-refractivity contribution in [2.45, 2.75) is 12.5 Å². The number of nitrogens with zero attached hydrogens (tertiary/aromatic N) is 2. The summed E-state index contributed by atoms with van der Waals surface area (Å²) in [4.78, 5) is 0. The van der Waals surface area contributed by atoms with Gasteiger partial charge in [-0.3, -0.25) is 5.01 Å². The highest BCUT2D eigenvalue weighted by atomic mass is 35.5. The van der Waals surface area contributed by atoms with Crippen molar-refractivity contribution >= 4 is 23.0 Å². The molecule has 4 heteroatoms. The van der Waals surface area contributed by atoms with E-state index in [0.29, 0.717) is 6.42 Å². The quantitative estimate of drug-likeness (QED) is 0.687. The van der Waals surface area contributed by atoms with Crippen LogP contribution < -0.4 is 5.01 Å². The van der Waals surface area contributed by atoms with Crippen LogP contribution in [0.4, 0.5) is 5.69 Å². The summed E-state index contributed by atoms with van der Waals surface area (Å²) in [5.41, 5.74) is 3.82. The standard InChI is InChI=1S/C21H17ClN2O/c22-16-12-10-15(11-13-16)20-14-19(18-8-4-5-9-21(18)25)23-24(20)17-6-2-1-3-7-17/h1-13,20,25H,14H2. The first-order chi connectivity index (χ1) is 12.2. The Kier molecular flexibility index (Phi) is 4.16. The molecule has 0 aliphatic carbocycles. The van der Waals surface area contributed by atoms with Crippen LogP contribution in [0, 0.1) is 0 Å². The number of rotatable bonds is 3. The van der Waals surface area contributed by atoms with Gasteiger partial charge < -0.3 is 5.11 Å². The van der Waals surface area contributed by atoms with Gasteiger partial charge in [-0.15, -0.1) is 0 Å². The molecule has 124 valence electrons. The molecule has 0 bridgehead atoms. The first-order valence-electron chi connectivity index (χ1n) is 8.18. The van der Waals surface area contributed by atoms with Crippen molar-refractivity contribution in [2.24, 2.45) is 5.10 Å². The van der Waals surface area contributed by atoms with E-state index in [4.69, 9.17) is 16.7 Å². The number of phenols is 1. The van der Waals surface area contributed by atoms with E-state index in [1.54, 1.807) is 6.07 Å². The second-order valence-electron chi connectivity index (χ2n) is 6.02. The molecule has 25 heavy (non-hydrogen) atoms. The normalized spacial score (nSPS) is 16.8. The number of para-hydroxylation sites is 2. The molecule has 1 aliphatic rings.